The highest BCUT2D eigenvalue weighted by atomic mass is 16.3. The zero-order chi connectivity index (χ0) is 16.0. The maximum Gasteiger partial charge on any atom is 0.319 e. The molecule has 4 N–H and O–H groups in total. The molecule has 2 aromatic rings. The van der Waals surface area contributed by atoms with Gasteiger partial charge in [0, 0.05) is 6.20 Å². The SMILES string of the molecule is CCC(CC)(CO)NC(=O)Nc1cn[nH]c1-c1ccccn1. The molecule has 0 unspecified atom stereocenters. The largest absolute Gasteiger partial charge is 0.394 e. The second-order valence-electron chi connectivity index (χ2n) is 5.10. The van der Waals surface area contributed by atoms with Crippen LogP contribution in [-0.4, -0.2) is 38.5 Å². The molecule has 0 saturated carbocycles. The minimum Gasteiger partial charge on any atom is -0.394 e. The fraction of sp³-hybridized carbons (Fsp3) is 0.400. The molecule has 0 fully saturated rings. The van der Waals surface area contributed by atoms with Crippen molar-refractivity contribution in [2.45, 2.75) is 32.2 Å². The van der Waals surface area contributed by atoms with Crippen LogP contribution in [0.1, 0.15) is 26.7 Å². The lowest BCUT2D eigenvalue weighted by atomic mass is 9.94. The molecule has 2 heterocycles. The van der Waals surface area contributed by atoms with Gasteiger partial charge in [0.05, 0.1) is 29.7 Å². The fourth-order valence-corrected chi connectivity index (χ4v) is 2.17. The number of pyridine rings is 1. The number of aliphatic hydroxyl groups excluding tert-OH is 1. The number of amides is 2. The summed E-state index contributed by atoms with van der Waals surface area (Å²) in [6, 6.07) is 5.12. The standard InChI is InChI=1S/C15H21N5O2/c1-3-15(4-2,10-21)19-14(22)18-12-9-17-20-13(12)11-7-5-6-8-16-11/h5-9,21H,3-4,10H2,1-2H3,(H,17,20)(H2,18,19,22). The van der Waals surface area contributed by atoms with Crippen LogP contribution in [-0.2, 0) is 0 Å². The number of carbonyl (C=O) groups is 1. The van der Waals surface area contributed by atoms with Crippen LogP contribution < -0.4 is 10.6 Å². The molecule has 0 aliphatic rings. The maximum atomic E-state index is 12.2. The molecule has 22 heavy (non-hydrogen) atoms. The van der Waals surface area contributed by atoms with E-state index in [0.717, 1.165) is 0 Å². The van der Waals surface area contributed by atoms with Crippen LogP contribution in [0.5, 0.6) is 0 Å². The minimum absolute atomic E-state index is 0.105. The van der Waals surface area contributed by atoms with Gasteiger partial charge in [-0.3, -0.25) is 10.1 Å². The number of nitrogens with one attached hydrogen (secondary N) is 3. The van der Waals surface area contributed by atoms with Crippen molar-refractivity contribution in [1.29, 1.82) is 0 Å². The molecule has 0 atom stereocenters. The van der Waals surface area contributed by atoms with Crippen LogP contribution in [0.2, 0.25) is 0 Å². The average Bonchev–Trinajstić information content (AvgIpc) is 3.01. The Bertz CT molecular complexity index is 599. The second-order valence-corrected chi connectivity index (χ2v) is 5.10. The van der Waals surface area contributed by atoms with Gasteiger partial charge in [-0.1, -0.05) is 19.9 Å². The van der Waals surface area contributed by atoms with E-state index in [4.69, 9.17) is 0 Å². The minimum atomic E-state index is -0.612. The van der Waals surface area contributed by atoms with E-state index in [2.05, 4.69) is 25.8 Å². The molecule has 0 saturated heterocycles. The molecule has 0 aromatic carbocycles. The lowest BCUT2D eigenvalue weighted by Gasteiger charge is -2.30. The highest BCUT2D eigenvalue weighted by molar-refractivity contribution is 5.93. The fourth-order valence-electron chi connectivity index (χ4n) is 2.17. The van der Waals surface area contributed by atoms with Crippen molar-refractivity contribution < 1.29 is 9.90 Å². The normalized spacial score (nSPS) is 11.2. The van der Waals surface area contributed by atoms with Gasteiger partial charge in [-0.15, -0.1) is 0 Å². The van der Waals surface area contributed by atoms with Gasteiger partial charge in [-0.2, -0.15) is 5.10 Å². The second kappa shape index (κ2) is 7.04. The Balaban J connectivity index is 2.12. The van der Waals surface area contributed by atoms with Crippen LogP contribution >= 0.6 is 0 Å². The lowest BCUT2D eigenvalue weighted by Crippen LogP contribution is -2.52. The van der Waals surface area contributed by atoms with Gasteiger partial charge >= 0.3 is 6.03 Å². The molecule has 118 valence electrons. The summed E-state index contributed by atoms with van der Waals surface area (Å²) < 4.78 is 0. The zero-order valence-corrected chi connectivity index (χ0v) is 12.8. The summed E-state index contributed by atoms with van der Waals surface area (Å²) in [5.74, 6) is 0. The Hall–Kier alpha value is -2.41. The summed E-state index contributed by atoms with van der Waals surface area (Å²) in [5.41, 5.74) is 1.25. The van der Waals surface area contributed by atoms with Gasteiger partial charge < -0.3 is 15.7 Å². The average molecular weight is 303 g/mol. The first-order valence-corrected chi connectivity index (χ1v) is 7.29. The van der Waals surface area contributed by atoms with E-state index >= 15 is 0 Å². The van der Waals surface area contributed by atoms with Crippen molar-refractivity contribution in [3.63, 3.8) is 0 Å². The molecule has 7 heteroatoms. The Morgan fingerprint density at radius 1 is 1.36 bits per heavy atom. The molecule has 0 aliphatic carbocycles. The number of aliphatic hydroxyl groups is 1. The van der Waals surface area contributed by atoms with E-state index in [1.165, 1.54) is 6.20 Å². The van der Waals surface area contributed by atoms with Crippen LogP contribution in [0.15, 0.2) is 30.6 Å². The van der Waals surface area contributed by atoms with Gasteiger partial charge in [-0.25, -0.2) is 4.79 Å². The van der Waals surface area contributed by atoms with Gasteiger partial charge in [0.25, 0.3) is 0 Å². The van der Waals surface area contributed by atoms with E-state index in [1.807, 2.05) is 32.0 Å². The van der Waals surface area contributed by atoms with Crippen LogP contribution in [0.3, 0.4) is 0 Å². The molecule has 0 bridgehead atoms. The number of carbonyl (C=O) groups excluding carboxylic acids is 1. The van der Waals surface area contributed by atoms with Crippen LogP contribution in [0.4, 0.5) is 10.5 Å². The monoisotopic (exact) mass is 303 g/mol. The highest BCUT2D eigenvalue weighted by Crippen LogP contribution is 2.23. The van der Waals surface area contributed by atoms with Crippen molar-refractivity contribution >= 4 is 11.7 Å². The number of aromatic nitrogens is 3. The van der Waals surface area contributed by atoms with Crippen molar-refractivity contribution in [3.05, 3.63) is 30.6 Å². The molecule has 2 aromatic heterocycles. The van der Waals surface area contributed by atoms with E-state index in [1.54, 1.807) is 6.20 Å². The van der Waals surface area contributed by atoms with Crippen LogP contribution in [0.25, 0.3) is 11.4 Å². The first-order valence-electron chi connectivity index (χ1n) is 7.29. The molecule has 0 spiro atoms. The number of rotatable bonds is 6. The Kier molecular flexibility index (Phi) is 5.11. The molecule has 7 nitrogen and oxygen atoms in total. The van der Waals surface area contributed by atoms with E-state index in [-0.39, 0.29) is 12.6 Å². The molecular weight excluding hydrogens is 282 g/mol. The predicted octanol–water partition coefficient (Wildman–Crippen LogP) is 2.14. The first kappa shape index (κ1) is 16.0. The van der Waals surface area contributed by atoms with Gasteiger partial charge in [0.1, 0.15) is 5.69 Å². The number of urea groups is 1. The van der Waals surface area contributed by atoms with Gasteiger partial charge in [0.2, 0.25) is 0 Å². The summed E-state index contributed by atoms with van der Waals surface area (Å²) in [6.45, 7) is 3.75. The number of hydrogen-bond acceptors (Lipinski definition) is 4. The number of H-pyrrole nitrogens is 1. The summed E-state index contributed by atoms with van der Waals surface area (Å²) in [6.07, 6.45) is 4.49. The molecular formula is C15H21N5O2. The topological polar surface area (TPSA) is 103 Å². The highest BCUT2D eigenvalue weighted by Gasteiger charge is 2.27. The Labute approximate surface area is 129 Å². The van der Waals surface area contributed by atoms with Crippen molar-refractivity contribution in [3.8, 4) is 11.4 Å². The summed E-state index contributed by atoms with van der Waals surface area (Å²) in [4.78, 5) is 16.4. The summed E-state index contributed by atoms with van der Waals surface area (Å²) in [5, 5.41) is 21.9. The lowest BCUT2D eigenvalue weighted by molar-refractivity contribution is 0.155. The third-order valence-corrected chi connectivity index (χ3v) is 3.84. The van der Waals surface area contributed by atoms with Crippen molar-refractivity contribution in [1.82, 2.24) is 20.5 Å². The summed E-state index contributed by atoms with van der Waals surface area (Å²) >= 11 is 0. The predicted molar refractivity (Wildman–Crippen MR) is 84.4 cm³/mol. The molecule has 0 aliphatic heterocycles. The summed E-state index contributed by atoms with van der Waals surface area (Å²) in [7, 11) is 0. The van der Waals surface area contributed by atoms with Crippen molar-refractivity contribution in [2.75, 3.05) is 11.9 Å². The van der Waals surface area contributed by atoms with Gasteiger partial charge in [-0.05, 0) is 25.0 Å². The zero-order valence-electron chi connectivity index (χ0n) is 12.8. The number of hydrogen-bond donors (Lipinski definition) is 4. The van der Waals surface area contributed by atoms with E-state index in [9.17, 15) is 9.90 Å². The third-order valence-electron chi connectivity index (χ3n) is 3.84. The number of anilines is 1. The first-order chi connectivity index (χ1) is 10.6. The maximum absolute atomic E-state index is 12.2. The Morgan fingerprint density at radius 2 is 2.14 bits per heavy atom. The molecule has 2 rings (SSSR count). The third kappa shape index (κ3) is 3.43. The quantitative estimate of drug-likeness (QED) is 0.656. The number of aromatic amines is 1. The Morgan fingerprint density at radius 3 is 2.73 bits per heavy atom. The van der Waals surface area contributed by atoms with Crippen molar-refractivity contribution in [2.24, 2.45) is 0 Å². The van der Waals surface area contributed by atoms with E-state index in [0.29, 0.717) is 29.9 Å². The van der Waals surface area contributed by atoms with E-state index < -0.39 is 5.54 Å². The number of nitrogens with zero attached hydrogens (tertiary/aromatic N) is 2. The molecule has 2 amide bonds. The van der Waals surface area contributed by atoms with Gasteiger partial charge in [0.15, 0.2) is 0 Å². The van der Waals surface area contributed by atoms with Crippen LogP contribution in [0, 0.1) is 0 Å². The smallest absolute Gasteiger partial charge is 0.319 e. The molecule has 0 radical (unpaired) electrons.